The third-order valence-corrected chi connectivity index (χ3v) is 8.74. The fourth-order valence-electron chi connectivity index (χ4n) is 3.63. The first-order chi connectivity index (χ1) is 15.0. The fourth-order valence-corrected chi connectivity index (χ4v) is 6.91. The minimum atomic E-state index is -0.705. The van der Waals surface area contributed by atoms with Crippen molar-refractivity contribution in [3.05, 3.63) is 47.4 Å². The summed E-state index contributed by atoms with van der Waals surface area (Å²) in [6.07, 6.45) is 3.71. The Balaban J connectivity index is 1.50. The van der Waals surface area contributed by atoms with Gasteiger partial charge in [-0.15, -0.1) is 23.1 Å². The molecule has 5 nitrogen and oxygen atoms in total. The van der Waals surface area contributed by atoms with E-state index < -0.39 is 12.2 Å². The van der Waals surface area contributed by atoms with Crippen LogP contribution in [0.25, 0.3) is 10.1 Å². The second-order valence-electron chi connectivity index (χ2n) is 7.50. The van der Waals surface area contributed by atoms with E-state index in [9.17, 15) is 19.8 Å². The second-order valence-corrected chi connectivity index (χ2v) is 10.8. The van der Waals surface area contributed by atoms with Crippen molar-refractivity contribution in [2.24, 2.45) is 5.92 Å². The normalized spacial score (nSPS) is 22.4. The van der Waals surface area contributed by atoms with Gasteiger partial charge in [0, 0.05) is 23.5 Å². The molecule has 31 heavy (non-hydrogen) atoms. The van der Waals surface area contributed by atoms with Gasteiger partial charge in [0.15, 0.2) is 0 Å². The summed E-state index contributed by atoms with van der Waals surface area (Å²) in [5, 5.41) is 23.8. The lowest BCUT2D eigenvalue weighted by Gasteiger charge is -2.17. The molecule has 0 saturated heterocycles. The number of fused-ring (bicyclic) bond motifs is 1. The van der Waals surface area contributed by atoms with Gasteiger partial charge in [-0.25, -0.2) is 0 Å². The summed E-state index contributed by atoms with van der Waals surface area (Å²) in [7, 11) is 1.38. The van der Waals surface area contributed by atoms with Crippen LogP contribution < -0.4 is 0 Å². The molecule has 0 bridgehead atoms. The number of benzene rings is 1. The third-order valence-electron chi connectivity index (χ3n) is 5.25. The second kappa shape index (κ2) is 12.1. The fraction of sp³-hybridized carbons (Fsp3) is 0.478. The van der Waals surface area contributed by atoms with E-state index in [-0.39, 0.29) is 29.3 Å². The molecule has 0 amide bonds. The molecule has 1 heterocycles. The van der Waals surface area contributed by atoms with Crippen LogP contribution in [0.5, 0.6) is 0 Å². The lowest BCUT2D eigenvalue weighted by atomic mass is 10.0. The number of carbonyl (C=O) groups excluding carboxylic acids is 2. The highest BCUT2D eigenvalue weighted by Gasteiger charge is 2.40. The Hall–Kier alpha value is -1.32. The van der Waals surface area contributed by atoms with Crippen molar-refractivity contribution in [1.82, 2.24) is 0 Å². The first-order valence-corrected chi connectivity index (χ1v) is 13.4. The van der Waals surface area contributed by atoms with Crippen LogP contribution >= 0.6 is 34.9 Å². The minimum absolute atomic E-state index is 0.0627. The number of carbonyl (C=O) groups is 2. The summed E-state index contributed by atoms with van der Waals surface area (Å²) in [5.74, 6) is 1.49. The van der Waals surface area contributed by atoms with Gasteiger partial charge in [0.25, 0.3) is 0 Å². The van der Waals surface area contributed by atoms with Crippen LogP contribution in [0.1, 0.15) is 18.4 Å². The SMILES string of the molecule is COC(=O)CSCCCSC1C(=O)C[C@@H](O)[C@@H]1C=CC(O)Cc1csc2ccccc12. The van der Waals surface area contributed by atoms with E-state index in [1.54, 1.807) is 29.2 Å². The number of Topliss-reactive ketones (excluding diaryl/α,β-unsaturated/α-hetero) is 1. The van der Waals surface area contributed by atoms with Gasteiger partial charge in [-0.3, -0.25) is 9.59 Å². The number of esters is 1. The molecule has 2 unspecified atom stereocenters. The molecule has 2 N–H and O–H groups in total. The van der Waals surface area contributed by atoms with E-state index in [1.807, 2.05) is 18.2 Å². The molecule has 1 aromatic carbocycles. The van der Waals surface area contributed by atoms with Gasteiger partial charge >= 0.3 is 5.97 Å². The van der Waals surface area contributed by atoms with Crippen LogP contribution in [0.3, 0.4) is 0 Å². The standard InChI is InChI=1S/C23H28O5S3/c1-28-22(27)14-29-9-4-10-30-23-18(19(25)12-20(23)26)8-7-16(24)11-15-13-31-21-6-3-2-5-17(15)21/h2-3,5-8,13,16,18-19,23-25H,4,9-12,14H2,1H3/t16?,18-,19+,23?/m0/s1. The van der Waals surface area contributed by atoms with Crippen LogP contribution in [0.4, 0.5) is 0 Å². The highest BCUT2D eigenvalue weighted by Crippen LogP contribution is 2.35. The maximum absolute atomic E-state index is 12.3. The molecule has 4 atom stereocenters. The summed E-state index contributed by atoms with van der Waals surface area (Å²) < 4.78 is 5.81. The number of aliphatic hydroxyl groups excluding tert-OH is 2. The molecule has 8 heteroatoms. The van der Waals surface area contributed by atoms with Crippen LogP contribution in [-0.4, -0.2) is 63.8 Å². The number of ether oxygens (including phenoxy) is 1. The summed E-state index contributed by atoms with van der Waals surface area (Å²) in [5.41, 5.74) is 1.11. The van der Waals surface area contributed by atoms with Crippen molar-refractivity contribution >= 4 is 56.7 Å². The Morgan fingerprint density at radius 2 is 2.16 bits per heavy atom. The van der Waals surface area contributed by atoms with Crippen LogP contribution in [0.2, 0.25) is 0 Å². The maximum atomic E-state index is 12.3. The molecule has 0 radical (unpaired) electrons. The third kappa shape index (κ3) is 6.83. The van der Waals surface area contributed by atoms with Crippen molar-refractivity contribution in [1.29, 1.82) is 0 Å². The minimum Gasteiger partial charge on any atom is -0.468 e. The topological polar surface area (TPSA) is 83.8 Å². The molecular weight excluding hydrogens is 452 g/mol. The van der Waals surface area contributed by atoms with Crippen LogP contribution in [0, 0.1) is 5.92 Å². The van der Waals surface area contributed by atoms with Gasteiger partial charge in [-0.2, -0.15) is 11.8 Å². The summed E-state index contributed by atoms with van der Waals surface area (Å²) in [6.45, 7) is 0. The number of rotatable bonds is 11. The molecule has 2 aromatic rings. The Bertz CT molecular complexity index is 910. The predicted octanol–water partition coefficient (Wildman–Crippen LogP) is 3.71. The number of thiophene rings is 1. The van der Waals surface area contributed by atoms with Gasteiger partial charge in [0.2, 0.25) is 0 Å². The lowest BCUT2D eigenvalue weighted by molar-refractivity contribution is -0.137. The van der Waals surface area contributed by atoms with Crippen molar-refractivity contribution in [2.75, 3.05) is 24.4 Å². The zero-order valence-electron chi connectivity index (χ0n) is 17.4. The van der Waals surface area contributed by atoms with Crippen LogP contribution in [-0.2, 0) is 20.7 Å². The summed E-state index contributed by atoms with van der Waals surface area (Å²) in [4.78, 5) is 23.5. The van der Waals surface area contributed by atoms with Crippen LogP contribution in [0.15, 0.2) is 41.8 Å². The molecule has 1 fully saturated rings. The first-order valence-electron chi connectivity index (χ1n) is 10.3. The van der Waals surface area contributed by atoms with E-state index in [2.05, 4.69) is 22.2 Å². The summed E-state index contributed by atoms with van der Waals surface area (Å²) in [6, 6.07) is 8.14. The van der Waals surface area contributed by atoms with Crippen molar-refractivity contribution in [2.45, 2.75) is 36.7 Å². The quantitative estimate of drug-likeness (QED) is 0.288. The predicted molar refractivity (Wildman–Crippen MR) is 130 cm³/mol. The average Bonchev–Trinajstić information content (AvgIpc) is 3.28. The largest absolute Gasteiger partial charge is 0.468 e. The zero-order chi connectivity index (χ0) is 22.2. The maximum Gasteiger partial charge on any atom is 0.315 e. The smallest absolute Gasteiger partial charge is 0.315 e. The molecular formula is C23H28O5S3. The Morgan fingerprint density at radius 3 is 2.97 bits per heavy atom. The Labute approximate surface area is 195 Å². The number of hydrogen-bond acceptors (Lipinski definition) is 8. The van der Waals surface area contributed by atoms with Crippen molar-refractivity contribution in [3.63, 3.8) is 0 Å². The molecule has 0 aliphatic heterocycles. The lowest BCUT2D eigenvalue weighted by Crippen LogP contribution is -2.22. The Morgan fingerprint density at radius 1 is 1.35 bits per heavy atom. The monoisotopic (exact) mass is 480 g/mol. The van der Waals surface area contributed by atoms with E-state index in [0.29, 0.717) is 12.2 Å². The van der Waals surface area contributed by atoms with Crippen molar-refractivity contribution in [3.8, 4) is 0 Å². The van der Waals surface area contributed by atoms with Gasteiger partial charge in [-0.05, 0) is 40.3 Å². The Kier molecular flexibility index (Phi) is 9.47. The van der Waals surface area contributed by atoms with E-state index >= 15 is 0 Å². The van der Waals surface area contributed by atoms with Gasteiger partial charge < -0.3 is 14.9 Å². The first kappa shape index (κ1) is 24.3. The molecule has 1 aliphatic rings. The van der Waals surface area contributed by atoms with Gasteiger partial charge in [0.1, 0.15) is 5.78 Å². The molecule has 1 saturated carbocycles. The number of aliphatic hydroxyl groups is 2. The number of methoxy groups -OCH3 is 1. The molecule has 3 rings (SSSR count). The zero-order valence-corrected chi connectivity index (χ0v) is 19.9. The highest BCUT2D eigenvalue weighted by molar-refractivity contribution is 8.01. The van der Waals surface area contributed by atoms with Gasteiger partial charge in [-0.1, -0.05) is 30.4 Å². The number of thioether (sulfide) groups is 2. The highest BCUT2D eigenvalue weighted by atomic mass is 32.2. The summed E-state index contributed by atoms with van der Waals surface area (Å²) >= 11 is 4.74. The number of hydrogen-bond donors (Lipinski definition) is 2. The number of ketones is 1. The average molecular weight is 481 g/mol. The molecule has 168 valence electrons. The molecule has 1 aliphatic carbocycles. The van der Waals surface area contributed by atoms with Gasteiger partial charge in [0.05, 0.1) is 30.3 Å². The van der Waals surface area contributed by atoms with E-state index in [0.717, 1.165) is 28.9 Å². The van der Waals surface area contributed by atoms with E-state index in [1.165, 1.54) is 23.6 Å². The molecule has 1 aromatic heterocycles. The van der Waals surface area contributed by atoms with Crippen molar-refractivity contribution < 1.29 is 24.5 Å². The van der Waals surface area contributed by atoms with E-state index in [4.69, 9.17) is 0 Å². The molecule has 0 spiro atoms.